The highest BCUT2D eigenvalue weighted by atomic mass is 127. The Morgan fingerprint density at radius 3 is 2.36 bits per heavy atom. The zero-order valence-corrected chi connectivity index (χ0v) is 9.24. The van der Waals surface area contributed by atoms with E-state index >= 15 is 0 Å². The average molecular weight is 308 g/mol. The van der Waals surface area contributed by atoms with Gasteiger partial charge >= 0.3 is 3.93 Å². The van der Waals surface area contributed by atoms with E-state index in [0.717, 1.165) is 34.2 Å². The van der Waals surface area contributed by atoms with E-state index in [9.17, 15) is 13.6 Å². The maximum atomic E-state index is 12.4. The topological polar surface area (TPSA) is 17.1 Å². The molecule has 1 rings (SSSR count). The monoisotopic (exact) mass is 308 g/mol. The molecule has 0 aliphatic heterocycles. The molecule has 0 bridgehead atoms. The molecule has 0 atom stereocenters. The van der Waals surface area contributed by atoms with Crippen LogP contribution in [0.5, 0.6) is 0 Å². The molecule has 1 aromatic rings. The van der Waals surface area contributed by atoms with Crippen molar-refractivity contribution in [3.63, 3.8) is 0 Å². The lowest BCUT2D eigenvalue weighted by Crippen LogP contribution is -2.17. The van der Waals surface area contributed by atoms with E-state index in [1.165, 1.54) is 6.08 Å². The molecular weight excluding hydrogens is 301 g/mol. The maximum absolute atomic E-state index is 12.4. The van der Waals surface area contributed by atoms with Crippen LogP contribution in [0.3, 0.4) is 0 Å². The molecular formula is C10H7F2IO. The van der Waals surface area contributed by atoms with Crippen molar-refractivity contribution < 1.29 is 13.6 Å². The number of ketones is 1. The summed E-state index contributed by atoms with van der Waals surface area (Å²) in [6.07, 6.45) is 2.26. The Morgan fingerprint density at radius 2 is 1.86 bits per heavy atom. The molecule has 0 saturated carbocycles. The number of hydrogen-bond acceptors (Lipinski definition) is 1. The van der Waals surface area contributed by atoms with Gasteiger partial charge in [-0.1, -0.05) is 36.4 Å². The first-order chi connectivity index (χ1) is 6.50. The minimum atomic E-state index is -3.32. The van der Waals surface area contributed by atoms with Gasteiger partial charge in [-0.05, 0) is 11.6 Å². The molecule has 0 aliphatic carbocycles. The highest BCUT2D eigenvalue weighted by molar-refractivity contribution is 14.1. The van der Waals surface area contributed by atoms with Crippen LogP contribution >= 0.6 is 22.6 Å². The van der Waals surface area contributed by atoms with Gasteiger partial charge in [0.2, 0.25) is 5.78 Å². The summed E-state index contributed by atoms with van der Waals surface area (Å²) in [7, 11) is 0. The molecule has 0 fully saturated rings. The lowest BCUT2D eigenvalue weighted by atomic mass is 10.2. The molecule has 14 heavy (non-hydrogen) atoms. The number of rotatable bonds is 3. The second kappa shape index (κ2) is 4.63. The van der Waals surface area contributed by atoms with Crippen molar-refractivity contribution in [1.29, 1.82) is 0 Å². The van der Waals surface area contributed by atoms with Crippen LogP contribution in [-0.4, -0.2) is 9.71 Å². The smallest absolute Gasteiger partial charge is 0.287 e. The van der Waals surface area contributed by atoms with Crippen molar-refractivity contribution in [1.82, 2.24) is 0 Å². The molecule has 0 heterocycles. The lowest BCUT2D eigenvalue weighted by molar-refractivity contribution is -0.125. The molecule has 0 aromatic heterocycles. The van der Waals surface area contributed by atoms with Gasteiger partial charge in [-0.2, -0.15) is 8.78 Å². The summed E-state index contributed by atoms with van der Waals surface area (Å²) >= 11 is 0.811. The fourth-order valence-electron chi connectivity index (χ4n) is 0.831. The van der Waals surface area contributed by atoms with Gasteiger partial charge in [0, 0.05) is 22.6 Å². The zero-order valence-electron chi connectivity index (χ0n) is 7.08. The molecule has 0 radical (unpaired) electrons. The lowest BCUT2D eigenvalue weighted by Gasteiger charge is -2.01. The van der Waals surface area contributed by atoms with Crippen molar-refractivity contribution in [2.75, 3.05) is 0 Å². The summed E-state index contributed by atoms with van der Waals surface area (Å²) in [6.45, 7) is 0. The molecule has 0 unspecified atom stereocenters. The zero-order chi connectivity index (χ0) is 10.6. The second-order valence-electron chi connectivity index (χ2n) is 2.61. The van der Waals surface area contributed by atoms with Crippen LogP contribution in [0.4, 0.5) is 8.78 Å². The fourth-order valence-corrected chi connectivity index (χ4v) is 1.01. The predicted octanol–water partition coefficient (Wildman–Crippen LogP) is 3.30. The molecule has 0 amide bonds. The van der Waals surface area contributed by atoms with Crippen LogP contribution in [0.25, 0.3) is 6.08 Å². The minimum Gasteiger partial charge on any atom is -0.287 e. The highest BCUT2D eigenvalue weighted by Crippen LogP contribution is 2.24. The van der Waals surface area contributed by atoms with E-state index in [2.05, 4.69) is 0 Å². The summed E-state index contributed by atoms with van der Waals surface area (Å²) in [5, 5.41) is 0. The van der Waals surface area contributed by atoms with Crippen LogP contribution in [0.15, 0.2) is 36.4 Å². The number of halogens is 3. The summed E-state index contributed by atoms with van der Waals surface area (Å²) in [5.41, 5.74) is 0.724. The Morgan fingerprint density at radius 1 is 1.29 bits per heavy atom. The molecule has 1 aromatic carbocycles. The van der Waals surface area contributed by atoms with Crippen molar-refractivity contribution in [3.05, 3.63) is 42.0 Å². The molecule has 0 saturated heterocycles. The molecule has 0 N–H and O–H groups in total. The molecule has 74 valence electrons. The number of hydrogen-bond donors (Lipinski definition) is 0. The first-order valence-corrected chi connectivity index (χ1v) is 4.92. The third kappa shape index (κ3) is 3.53. The standard InChI is InChI=1S/C10H7F2IO/c11-10(12,13)9(14)7-6-8-4-2-1-3-5-8/h1-7H/b7-6+. The number of alkyl halides is 3. The van der Waals surface area contributed by atoms with Crippen molar-refractivity contribution in [2.24, 2.45) is 0 Å². The Balaban J connectivity index is 2.71. The average Bonchev–Trinajstić information content (AvgIpc) is 2.14. The van der Waals surface area contributed by atoms with Gasteiger partial charge in [0.25, 0.3) is 0 Å². The van der Waals surface area contributed by atoms with Gasteiger partial charge in [-0.3, -0.25) is 4.79 Å². The molecule has 1 nitrogen and oxygen atoms in total. The van der Waals surface area contributed by atoms with E-state index in [-0.39, 0.29) is 0 Å². The maximum Gasteiger partial charge on any atom is 0.357 e. The summed E-state index contributed by atoms with van der Waals surface area (Å²) in [6, 6.07) is 8.81. The van der Waals surface area contributed by atoms with Crippen LogP contribution in [0.2, 0.25) is 0 Å². The normalized spacial score (nSPS) is 11.9. The largest absolute Gasteiger partial charge is 0.357 e. The molecule has 0 spiro atoms. The van der Waals surface area contributed by atoms with E-state index in [0.29, 0.717) is 0 Å². The Kier molecular flexibility index (Phi) is 3.74. The number of carbonyl (C=O) groups is 1. The summed E-state index contributed by atoms with van der Waals surface area (Å²) in [4.78, 5) is 10.8. The van der Waals surface area contributed by atoms with Crippen LogP contribution < -0.4 is 0 Å². The van der Waals surface area contributed by atoms with Gasteiger partial charge < -0.3 is 0 Å². The fraction of sp³-hybridized carbons (Fsp3) is 0.100. The third-order valence-electron chi connectivity index (χ3n) is 1.51. The Bertz CT molecular complexity index is 341. The minimum absolute atomic E-state index is 0.724. The molecule has 4 heteroatoms. The van der Waals surface area contributed by atoms with Gasteiger partial charge in [0.05, 0.1) is 0 Å². The van der Waals surface area contributed by atoms with Crippen LogP contribution in [-0.2, 0) is 4.79 Å². The van der Waals surface area contributed by atoms with Gasteiger partial charge in [-0.25, -0.2) is 0 Å². The first-order valence-electron chi connectivity index (χ1n) is 3.84. The van der Waals surface area contributed by atoms with Gasteiger partial charge in [0.1, 0.15) is 0 Å². The van der Waals surface area contributed by atoms with Gasteiger partial charge in [-0.15, -0.1) is 0 Å². The second-order valence-corrected chi connectivity index (χ2v) is 3.96. The van der Waals surface area contributed by atoms with Crippen molar-refractivity contribution in [3.8, 4) is 0 Å². The molecule has 0 aliphatic rings. The van der Waals surface area contributed by atoms with E-state index < -0.39 is 9.71 Å². The van der Waals surface area contributed by atoms with Crippen molar-refractivity contribution >= 4 is 34.5 Å². The SMILES string of the molecule is O=C(/C=C/c1ccccc1)C(F)(F)I. The Labute approximate surface area is 94.0 Å². The van der Waals surface area contributed by atoms with E-state index in [1.807, 2.05) is 6.07 Å². The quantitative estimate of drug-likeness (QED) is 0.476. The number of carbonyl (C=O) groups excluding carboxylic acids is 1. The highest BCUT2D eigenvalue weighted by Gasteiger charge is 2.31. The predicted molar refractivity (Wildman–Crippen MR) is 59.5 cm³/mol. The van der Waals surface area contributed by atoms with Crippen molar-refractivity contribution in [2.45, 2.75) is 3.93 Å². The van der Waals surface area contributed by atoms with E-state index in [4.69, 9.17) is 0 Å². The Hall–Kier alpha value is -0.780. The summed E-state index contributed by atoms with van der Waals surface area (Å²) in [5.74, 6) is -1.19. The number of allylic oxidation sites excluding steroid dienone is 1. The third-order valence-corrected chi connectivity index (χ3v) is 2.04. The van der Waals surface area contributed by atoms with Gasteiger partial charge in [0.15, 0.2) is 0 Å². The first kappa shape index (κ1) is 11.3. The van der Waals surface area contributed by atoms with E-state index in [1.54, 1.807) is 24.3 Å². The van der Waals surface area contributed by atoms with Crippen LogP contribution in [0, 0.1) is 0 Å². The number of benzene rings is 1. The summed E-state index contributed by atoms with van der Waals surface area (Å²) < 4.78 is 21.5. The van der Waals surface area contributed by atoms with Crippen LogP contribution in [0.1, 0.15) is 5.56 Å².